The van der Waals surface area contributed by atoms with Crippen molar-refractivity contribution < 1.29 is 4.79 Å². The zero-order valence-corrected chi connectivity index (χ0v) is 10.5. The summed E-state index contributed by atoms with van der Waals surface area (Å²) in [5.74, 6) is 0.246. The van der Waals surface area contributed by atoms with Gasteiger partial charge in [-0.2, -0.15) is 0 Å². The van der Waals surface area contributed by atoms with E-state index in [4.69, 9.17) is 0 Å². The molecule has 0 atom stereocenters. The van der Waals surface area contributed by atoms with Crippen LogP contribution in [0.15, 0.2) is 23.8 Å². The van der Waals surface area contributed by atoms with Gasteiger partial charge in [-0.1, -0.05) is 38.3 Å². The van der Waals surface area contributed by atoms with E-state index in [2.05, 4.69) is 13.0 Å². The third-order valence-corrected chi connectivity index (χ3v) is 3.10. The molecule has 0 saturated heterocycles. The van der Waals surface area contributed by atoms with E-state index in [-0.39, 0.29) is 5.78 Å². The number of ketones is 1. The first kappa shape index (κ1) is 13.2. The SMILES string of the molecule is CCCCCC/C=C/C(=O)C1=CCCCC1. The lowest BCUT2D eigenvalue weighted by Gasteiger charge is -2.08. The Labute approximate surface area is 99.6 Å². The zero-order chi connectivity index (χ0) is 11.6. The number of carbonyl (C=O) groups excluding carboxylic acids is 1. The highest BCUT2D eigenvalue weighted by molar-refractivity contribution is 6.03. The fourth-order valence-corrected chi connectivity index (χ4v) is 2.05. The van der Waals surface area contributed by atoms with E-state index in [1.807, 2.05) is 6.08 Å². The molecule has 90 valence electrons. The van der Waals surface area contributed by atoms with Crippen LogP contribution in [0.3, 0.4) is 0 Å². The summed E-state index contributed by atoms with van der Waals surface area (Å²) < 4.78 is 0. The van der Waals surface area contributed by atoms with Gasteiger partial charge in [0.2, 0.25) is 0 Å². The zero-order valence-electron chi connectivity index (χ0n) is 10.5. The van der Waals surface area contributed by atoms with Gasteiger partial charge in [0.25, 0.3) is 0 Å². The normalized spacial score (nSPS) is 16.4. The minimum Gasteiger partial charge on any atom is -0.290 e. The maximum absolute atomic E-state index is 11.7. The Hall–Kier alpha value is -0.850. The van der Waals surface area contributed by atoms with Gasteiger partial charge in [0.15, 0.2) is 5.78 Å². The van der Waals surface area contributed by atoms with Gasteiger partial charge >= 0.3 is 0 Å². The molecular weight excluding hydrogens is 196 g/mol. The van der Waals surface area contributed by atoms with Crippen molar-refractivity contribution in [1.82, 2.24) is 0 Å². The van der Waals surface area contributed by atoms with Crippen LogP contribution >= 0.6 is 0 Å². The average Bonchev–Trinajstić information content (AvgIpc) is 2.34. The molecule has 0 aliphatic heterocycles. The van der Waals surface area contributed by atoms with Gasteiger partial charge in [-0.3, -0.25) is 4.79 Å². The fraction of sp³-hybridized carbons (Fsp3) is 0.667. The third kappa shape index (κ3) is 5.29. The maximum Gasteiger partial charge on any atom is 0.181 e. The van der Waals surface area contributed by atoms with Crippen LogP contribution in [-0.4, -0.2) is 5.78 Å². The van der Waals surface area contributed by atoms with Crippen LogP contribution in [0.1, 0.15) is 64.7 Å². The van der Waals surface area contributed by atoms with Crippen LogP contribution in [0.25, 0.3) is 0 Å². The van der Waals surface area contributed by atoms with Crippen LogP contribution in [0.2, 0.25) is 0 Å². The van der Waals surface area contributed by atoms with E-state index >= 15 is 0 Å². The van der Waals surface area contributed by atoms with Crippen molar-refractivity contribution in [2.45, 2.75) is 64.7 Å². The highest BCUT2D eigenvalue weighted by atomic mass is 16.1. The van der Waals surface area contributed by atoms with E-state index in [0.717, 1.165) is 24.8 Å². The molecule has 0 amide bonds. The molecule has 0 aromatic rings. The Balaban J connectivity index is 2.17. The number of allylic oxidation sites excluding steroid dienone is 4. The molecule has 0 aromatic heterocycles. The molecule has 1 rings (SSSR count). The van der Waals surface area contributed by atoms with E-state index in [0.29, 0.717) is 0 Å². The maximum atomic E-state index is 11.7. The average molecular weight is 220 g/mol. The first-order chi connectivity index (χ1) is 7.84. The summed E-state index contributed by atoms with van der Waals surface area (Å²) in [5, 5.41) is 0. The molecule has 0 aromatic carbocycles. The third-order valence-electron chi connectivity index (χ3n) is 3.10. The monoisotopic (exact) mass is 220 g/mol. The second-order valence-electron chi connectivity index (χ2n) is 4.59. The summed E-state index contributed by atoms with van der Waals surface area (Å²) in [6.07, 6.45) is 16.6. The Bertz CT molecular complexity index is 261. The molecule has 0 saturated carbocycles. The molecule has 1 heteroatoms. The number of hydrogen-bond acceptors (Lipinski definition) is 1. The minimum absolute atomic E-state index is 0.246. The summed E-state index contributed by atoms with van der Waals surface area (Å²) in [6, 6.07) is 0. The van der Waals surface area contributed by atoms with Crippen molar-refractivity contribution in [1.29, 1.82) is 0 Å². The van der Waals surface area contributed by atoms with E-state index < -0.39 is 0 Å². The van der Waals surface area contributed by atoms with E-state index in [9.17, 15) is 4.79 Å². The lowest BCUT2D eigenvalue weighted by molar-refractivity contribution is -0.111. The predicted octanol–water partition coefficient (Wildman–Crippen LogP) is 4.58. The van der Waals surface area contributed by atoms with Crippen molar-refractivity contribution in [3.8, 4) is 0 Å². The number of carbonyl (C=O) groups is 1. The summed E-state index contributed by atoms with van der Waals surface area (Å²) >= 11 is 0. The Morgan fingerprint density at radius 3 is 2.88 bits per heavy atom. The molecule has 0 bridgehead atoms. The van der Waals surface area contributed by atoms with Gasteiger partial charge in [0, 0.05) is 0 Å². The molecule has 0 heterocycles. The Morgan fingerprint density at radius 1 is 1.31 bits per heavy atom. The standard InChI is InChI=1S/C15H24O/c1-2-3-4-5-6-10-13-15(16)14-11-8-7-9-12-14/h10-11,13H,2-9,12H2,1H3/b13-10+. The molecule has 0 N–H and O–H groups in total. The molecule has 0 radical (unpaired) electrons. The van der Waals surface area contributed by atoms with Gasteiger partial charge in [0.1, 0.15) is 0 Å². The molecule has 0 fully saturated rings. The van der Waals surface area contributed by atoms with Crippen LogP contribution in [0.5, 0.6) is 0 Å². The highest BCUT2D eigenvalue weighted by Crippen LogP contribution is 2.18. The summed E-state index contributed by atoms with van der Waals surface area (Å²) in [4.78, 5) is 11.7. The lowest BCUT2D eigenvalue weighted by atomic mass is 9.96. The van der Waals surface area contributed by atoms with Crippen molar-refractivity contribution >= 4 is 5.78 Å². The van der Waals surface area contributed by atoms with Crippen LogP contribution in [-0.2, 0) is 4.79 Å². The number of hydrogen-bond donors (Lipinski definition) is 0. The van der Waals surface area contributed by atoms with Gasteiger partial charge < -0.3 is 0 Å². The smallest absolute Gasteiger partial charge is 0.181 e. The largest absolute Gasteiger partial charge is 0.290 e. The summed E-state index contributed by atoms with van der Waals surface area (Å²) in [5.41, 5.74) is 1.04. The highest BCUT2D eigenvalue weighted by Gasteiger charge is 2.08. The molecule has 1 aliphatic rings. The second kappa shape index (κ2) is 8.32. The molecule has 0 unspecified atom stereocenters. The first-order valence-corrected chi connectivity index (χ1v) is 6.74. The summed E-state index contributed by atoms with van der Waals surface area (Å²) in [6.45, 7) is 2.22. The van der Waals surface area contributed by atoms with Crippen LogP contribution < -0.4 is 0 Å². The van der Waals surface area contributed by atoms with Gasteiger partial charge in [-0.25, -0.2) is 0 Å². The second-order valence-corrected chi connectivity index (χ2v) is 4.59. The number of unbranched alkanes of at least 4 members (excludes halogenated alkanes) is 4. The van der Waals surface area contributed by atoms with E-state index in [1.54, 1.807) is 6.08 Å². The molecule has 0 spiro atoms. The summed E-state index contributed by atoms with van der Waals surface area (Å²) in [7, 11) is 0. The van der Waals surface area contributed by atoms with Crippen LogP contribution in [0.4, 0.5) is 0 Å². The predicted molar refractivity (Wildman–Crippen MR) is 69.5 cm³/mol. The van der Waals surface area contributed by atoms with Crippen molar-refractivity contribution in [3.05, 3.63) is 23.8 Å². The quantitative estimate of drug-likeness (QED) is 0.453. The minimum atomic E-state index is 0.246. The number of rotatable bonds is 7. The Kier molecular flexibility index (Phi) is 6.87. The van der Waals surface area contributed by atoms with Crippen molar-refractivity contribution in [3.63, 3.8) is 0 Å². The fourth-order valence-electron chi connectivity index (χ4n) is 2.05. The first-order valence-electron chi connectivity index (χ1n) is 6.74. The Morgan fingerprint density at radius 2 is 2.19 bits per heavy atom. The molecule has 16 heavy (non-hydrogen) atoms. The van der Waals surface area contributed by atoms with Crippen LogP contribution in [0, 0.1) is 0 Å². The molecule has 1 nitrogen and oxygen atoms in total. The van der Waals surface area contributed by atoms with Gasteiger partial charge in [-0.05, 0) is 50.2 Å². The lowest BCUT2D eigenvalue weighted by Crippen LogP contribution is -2.02. The van der Waals surface area contributed by atoms with E-state index in [1.165, 1.54) is 38.5 Å². The van der Waals surface area contributed by atoms with Crippen molar-refractivity contribution in [2.75, 3.05) is 0 Å². The topological polar surface area (TPSA) is 17.1 Å². The molecular formula is C15H24O. The van der Waals surface area contributed by atoms with Crippen molar-refractivity contribution in [2.24, 2.45) is 0 Å². The van der Waals surface area contributed by atoms with Gasteiger partial charge in [-0.15, -0.1) is 0 Å². The molecule has 1 aliphatic carbocycles. The van der Waals surface area contributed by atoms with Gasteiger partial charge in [0.05, 0.1) is 0 Å².